The minimum atomic E-state index is 0.625. The molecule has 6 heteroatoms. The zero-order valence-electron chi connectivity index (χ0n) is 11.0. The molecule has 5 nitrogen and oxygen atoms in total. The summed E-state index contributed by atoms with van der Waals surface area (Å²) in [6.07, 6.45) is 3.41. The molecule has 0 saturated heterocycles. The molecule has 0 amide bonds. The average molecular weight is 288 g/mol. The summed E-state index contributed by atoms with van der Waals surface area (Å²) < 4.78 is 1.96. The predicted octanol–water partition coefficient (Wildman–Crippen LogP) is 2.38. The number of benzene rings is 1. The third kappa shape index (κ3) is 2.32. The molecule has 102 valence electrons. The van der Waals surface area contributed by atoms with Gasteiger partial charge in [0.2, 0.25) is 0 Å². The van der Waals surface area contributed by atoms with Gasteiger partial charge in [0.1, 0.15) is 5.52 Å². The van der Waals surface area contributed by atoms with Gasteiger partial charge in [0.25, 0.3) is 0 Å². The number of hydrogen-bond donors (Lipinski definition) is 1. The molecule has 3 aromatic rings. The molecule has 0 saturated carbocycles. The van der Waals surface area contributed by atoms with E-state index in [1.54, 1.807) is 12.7 Å². The Morgan fingerprint density at radius 2 is 2.15 bits per heavy atom. The van der Waals surface area contributed by atoms with Gasteiger partial charge in [0, 0.05) is 11.6 Å². The fourth-order valence-electron chi connectivity index (χ4n) is 2.11. The van der Waals surface area contributed by atoms with Gasteiger partial charge in [-0.05, 0) is 18.6 Å². The average Bonchev–Trinajstić information content (AvgIpc) is 2.94. The highest BCUT2D eigenvalue weighted by atomic mass is 35.5. The highest BCUT2D eigenvalue weighted by molar-refractivity contribution is 6.31. The molecule has 0 aliphatic carbocycles. The Bertz CT molecular complexity index is 802. The highest BCUT2D eigenvalue weighted by Crippen LogP contribution is 2.17. The maximum Gasteiger partial charge on any atom is 0.176 e. The van der Waals surface area contributed by atoms with Gasteiger partial charge in [-0.1, -0.05) is 29.8 Å². The summed E-state index contributed by atoms with van der Waals surface area (Å²) in [5.74, 6) is 0. The van der Waals surface area contributed by atoms with Crippen molar-refractivity contribution in [3.8, 4) is 0 Å². The number of imidazole rings is 1. The Labute approximate surface area is 121 Å². The molecule has 0 unspecified atom stereocenters. The van der Waals surface area contributed by atoms with E-state index < -0.39 is 0 Å². The van der Waals surface area contributed by atoms with E-state index in [9.17, 15) is 0 Å². The first kappa shape index (κ1) is 12.9. The fourth-order valence-corrected chi connectivity index (χ4v) is 2.30. The Hall–Kier alpha value is -2.14. The van der Waals surface area contributed by atoms with E-state index in [0.717, 1.165) is 21.7 Å². The highest BCUT2D eigenvalue weighted by Gasteiger charge is 2.07. The lowest BCUT2D eigenvalue weighted by atomic mass is 10.2. The molecule has 1 aromatic carbocycles. The Morgan fingerprint density at radius 3 is 2.95 bits per heavy atom. The number of aromatic amines is 1. The second kappa shape index (κ2) is 5.46. The third-order valence-electron chi connectivity index (χ3n) is 3.04. The van der Waals surface area contributed by atoms with Crippen LogP contribution >= 0.6 is 11.6 Å². The Kier molecular flexibility index (Phi) is 3.52. The largest absolute Gasteiger partial charge is 0.340 e. The number of halogens is 1. The van der Waals surface area contributed by atoms with E-state index in [-0.39, 0.29) is 0 Å². The van der Waals surface area contributed by atoms with Crippen LogP contribution < -0.4 is 5.49 Å². The Balaban J connectivity index is 2.10. The smallest absolute Gasteiger partial charge is 0.176 e. The molecule has 2 aromatic heterocycles. The molecule has 0 radical (unpaired) electrons. The van der Waals surface area contributed by atoms with Crippen LogP contribution in [-0.2, 0) is 6.54 Å². The summed E-state index contributed by atoms with van der Waals surface area (Å²) in [7, 11) is 0. The lowest BCUT2D eigenvalue weighted by molar-refractivity contribution is 0.783. The van der Waals surface area contributed by atoms with Crippen molar-refractivity contribution in [1.29, 1.82) is 0 Å². The van der Waals surface area contributed by atoms with E-state index in [1.165, 1.54) is 0 Å². The molecule has 0 spiro atoms. The number of nitrogens with zero attached hydrogens (tertiary/aromatic N) is 4. The van der Waals surface area contributed by atoms with Gasteiger partial charge >= 0.3 is 0 Å². The van der Waals surface area contributed by atoms with Crippen molar-refractivity contribution in [2.75, 3.05) is 6.54 Å². The summed E-state index contributed by atoms with van der Waals surface area (Å²) in [5, 5.41) is 0.742. The number of aromatic nitrogens is 4. The summed E-state index contributed by atoms with van der Waals surface area (Å²) >= 11 is 6.20. The van der Waals surface area contributed by atoms with Crippen molar-refractivity contribution in [2.24, 2.45) is 4.99 Å². The van der Waals surface area contributed by atoms with Gasteiger partial charge in [0.05, 0.1) is 19.2 Å². The van der Waals surface area contributed by atoms with Gasteiger partial charge in [-0.3, -0.25) is 4.99 Å². The number of hydrogen-bond acceptors (Lipinski definition) is 3. The van der Waals surface area contributed by atoms with Crippen LogP contribution in [0.1, 0.15) is 12.5 Å². The van der Waals surface area contributed by atoms with Gasteiger partial charge in [-0.25, -0.2) is 9.97 Å². The summed E-state index contributed by atoms with van der Waals surface area (Å²) in [4.78, 5) is 16.2. The van der Waals surface area contributed by atoms with Crippen molar-refractivity contribution >= 4 is 22.8 Å². The van der Waals surface area contributed by atoms with Crippen LogP contribution in [0, 0.1) is 0 Å². The fraction of sp³-hybridized carbons (Fsp3) is 0.214. The molecule has 0 aliphatic rings. The molecular formula is C14H14ClN5. The summed E-state index contributed by atoms with van der Waals surface area (Å²) in [6.45, 7) is 3.30. The Morgan fingerprint density at radius 1 is 1.30 bits per heavy atom. The molecule has 1 N–H and O–H groups in total. The first-order chi connectivity index (χ1) is 9.79. The monoisotopic (exact) mass is 287 g/mol. The van der Waals surface area contributed by atoms with Crippen molar-refractivity contribution in [2.45, 2.75) is 13.5 Å². The van der Waals surface area contributed by atoms with E-state index >= 15 is 0 Å². The minimum Gasteiger partial charge on any atom is -0.340 e. The van der Waals surface area contributed by atoms with Gasteiger partial charge in [0.15, 0.2) is 11.1 Å². The molecular weight excluding hydrogens is 274 g/mol. The van der Waals surface area contributed by atoms with Crippen LogP contribution in [0.2, 0.25) is 5.02 Å². The molecule has 2 heterocycles. The van der Waals surface area contributed by atoms with Crippen molar-refractivity contribution < 1.29 is 0 Å². The molecule has 0 bridgehead atoms. The number of H-pyrrole nitrogens is 1. The van der Waals surface area contributed by atoms with Gasteiger partial charge < -0.3 is 9.55 Å². The van der Waals surface area contributed by atoms with Crippen LogP contribution in [0.25, 0.3) is 11.2 Å². The number of fused-ring (bicyclic) bond motifs is 1. The zero-order chi connectivity index (χ0) is 13.9. The normalized spacial score (nSPS) is 12.2. The van der Waals surface area contributed by atoms with Crippen molar-refractivity contribution in [3.63, 3.8) is 0 Å². The zero-order valence-corrected chi connectivity index (χ0v) is 11.8. The topological polar surface area (TPSA) is 58.9 Å². The first-order valence-corrected chi connectivity index (χ1v) is 6.80. The molecule has 0 fully saturated rings. The summed E-state index contributed by atoms with van der Waals surface area (Å²) in [6, 6.07) is 7.77. The van der Waals surface area contributed by atoms with Crippen LogP contribution in [0.5, 0.6) is 0 Å². The number of nitrogens with one attached hydrogen (secondary N) is 1. The lowest BCUT2D eigenvalue weighted by Crippen LogP contribution is -2.15. The van der Waals surface area contributed by atoms with E-state index in [2.05, 4.69) is 19.9 Å². The molecule has 3 rings (SSSR count). The molecule has 20 heavy (non-hydrogen) atoms. The molecule has 0 atom stereocenters. The van der Waals surface area contributed by atoms with Crippen molar-refractivity contribution in [3.05, 3.63) is 53.0 Å². The van der Waals surface area contributed by atoms with Crippen molar-refractivity contribution in [1.82, 2.24) is 19.5 Å². The maximum absolute atomic E-state index is 6.20. The van der Waals surface area contributed by atoms with E-state index in [4.69, 9.17) is 11.6 Å². The van der Waals surface area contributed by atoms with Crippen LogP contribution in [0.4, 0.5) is 0 Å². The van der Waals surface area contributed by atoms with E-state index in [1.807, 2.05) is 35.8 Å². The minimum absolute atomic E-state index is 0.625. The second-order valence-corrected chi connectivity index (χ2v) is 4.77. The van der Waals surface area contributed by atoms with E-state index in [0.29, 0.717) is 18.6 Å². The second-order valence-electron chi connectivity index (χ2n) is 4.36. The van der Waals surface area contributed by atoms with Gasteiger partial charge in [-0.2, -0.15) is 0 Å². The number of rotatable bonds is 3. The summed E-state index contributed by atoms with van der Waals surface area (Å²) in [5.41, 5.74) is 3.40. The van der Waals surface area contributed by atoms with Gasteiger partial charge in [-0.15, -0.1) is 0 Å². The quantitative estimate of drug-likeness (QED) is 0.804. The lowest BCUT2D eigenvalue weighted by Gasteiger charge is -2.08. The predicted molar refractivity (Wildman–Crippen MR) is 78.5 cm³/mol. The maximum atomic E-state index is 6.20. The first-order valence-electron chi connectivity index (χ1n) is 6.42. The SMILES string of the molecule is CCN=c1ncn(Cc2ccccc2Cl)c2nc[nH]c12. The molecule has 0 aliphatic heterocycles. The van der Waals surface area contributed by atoms with Crippen LogP contribution in [-0.4, -0.2) is 26.1 Å². The third-order valence-corrected chi connectivity index (χ3v) is 3.41. The standard InChI is InChI=1S/C14H14ClN5/c1-2-16-13-12-14(18-8-17-12)20(9-19-13)7-10-5-3-4-6-11(10)15/h3-6,8-9H,2,7H2,1H3,(H,17,18). The van der Waals surface area contributed by atoms with Crippen LogP contribution in [0.15, 0.2) is 41.9 Å². The van der Waals surface area contributed by atoms with Crippen LogP contribution in [0.3, 0.4) is 0 Å².